The van der Waals surface area contributed by atoms with Crippen molar-refractivity contribution in [2.24, 2.45) is 0 Å². The van der Waals surface area contributed by atoms with Gasteiger partial charge in [-0.25, -0.2) is 4.79 Å². The van der Waals surface area contributed by atoms with Crippen molar-refractivity contribution in [1.29, 1.82) is 0 Å². The minimum Gasteiger partial charge on any atom is -0.451 e. The quantitative estimate of drug-likeness (QED) is 0.799. The predicted octanol–water partition coefficient (Wildman–Crippen LogP) is 4.63. The Morgan fingerprint density at radius 1 is 1.26 bits per heavy atom. The summed E-state index contributed by atoms with van der Waals surface area (Å²) in [4.78, 5) is 24.3. The van der Waals surface area contributed by atoms with Crippen LogP contribution in [0.1, 0.15) is 40.6 Å². The molecule has 1 aromatic heterocycles. The Kier molecular flexibility index (Phi) is 5.80. The van der Waals surface area contributed by atoms with Crippen LogP contribution >= 0.6 is 22.9 Å². The first-order chi connectivity index (χ1) is 10.9. The molecule has 23 heavy (non-hydrogen) atoms. The summed E-state index contributed by atoms with van der Waals surface area (Å²) in [5.74, 6) is -0.635. The average molecular weight is 352 g/mol. The summed E-state index contributed by atoms with van der Waals surface area (Å²) in [6.45, 7) is 5.72. The van der Waals surface area contributed by atoms with E-state index in [1.165, 1.54) is 0 Å². The number of carbonyl (C=O) groups is 2. The minimum absolute atomic E-state index is 0.279. The number of para-hydroxylation sites is 1. The Balaban J connectivity index is 1.99. The van der Waals surface area contributed by atoms with E-state index in [4.69, 9.17) is 16.3 Å². The van der Waals surface area contributed by atoms with Crippen molar-refractivity contribution in [1.82, 2.24) is 0 Å². The van der Waals surface area contributed by atoms with Gasteiger partial charge in [0.2, 0.25) is 0 Å². The standard InChI is InChI=1S/C17H18ClNO3S/c1-10(2)12-6-4-5-11(3)16(12)19-15(20)9-22-17(21)13-7-8-14(18)23-13/h4-8,10H,9H2,1-3H3,(H,19,20). The number of nitrogens with one attached hydrogen (secondary N) is 1. The molecule has 0 aliphatic heterocycles. The summed E-state index contributed by atoms with van der Waals surface area (Å²) in [5, 5.41) is 2.83. The van der Waals surface area contributed by atoms with Gasteiger partial charge in [-0.2, -0.15) is 0 Å². The largest absolute Gasteiger partial charge is 0.451 e. The summed E-state index contributed by atoms with van der Waals surface area (Å²) < 4.78 is 5.52. The molecule has 1 N–H and O–H groups in total. The molecule has 1 amide bonds. The topological polar surface area (TPSA) is 55.4 Å². The number of anilines is 1. The number of hydrogen-bond acceptors (Lipinski definition) is 4. The highest BCUT2D eigenvalue weighted by atomic mass is 35.5. The van der Waals surface area contributed by atoms with Crippen molar-refractivity contribution in [2.45, 2.75) is 26.7 Å². The van der Waals surface area contributed by atoms with Gasteiger partial charge in [0, 0.05) is 5.69 Å². The lowest BCUT2D eigenvalue weighted by Gasteiger charge is -2.16. The smallest absolute Gasteiger partial charge is 0.348 e. The number of rotatable bonds is 5. The third-order valence-corrected chi connectivity index (χ3v) is 4.51. The highest BCUT2D eigenvalue weighted by Crippen LogP contribution is 2.27. The fourth-order valence-corrected chi connectivity index (χ4v) is 3.08. The first-order valence-electron chi connectivity index (χ1n) is 7.20. The highest BCUT2D eigenvalue weighted by Gasteiger charge is 2.15. The molecule has 0 radical (unpaired) electrons. The van der Waals surface area contributed by atoms with Crippen LogP contribution in [0.15, 0.2) is 30.3 Å². The Labute approximate surface area is 144 Å². The van der Waals surface area contributed by atoms with Crippen molar-refractivity contribution in [3.05, 3.63) is 50.7 Å². The van der Waals surface area contributed by atoms with Gasteiger partial charge in [-0.15, -0.1) is 11.3 Å². The maximum atomic E-state index is 12.1. The van der Waals surface area contributed by atoms with E-state index in [1.54, 1.807) is 12.1 Å². The molecule has 0 unspecified atom stereocenters. The van der Waals surface area contributed by atoms with Crippen molar-refractivity contribution in [3.8, 4) is 0 Å². The zero-order valence-corrected chi connectivity index (χ0v) is 14.8. The van der Waals surface area contributed by atoms with Gasteiger partial charge in [-0.05, 0) is 36.1 Å². The predicted molar refractivity (Wildman–Crippen MR) is 93.5 cm³/mol. The zero-order valence-electron chi connectivity index (χ0n) is 13.2. The normalized spacial score (nSPS) is 10.7. The molecule has 0 saturated heterocycles. The van der Waals surface area contributed by atoms with E-state index in [0.29, 0.717) is 9.21 Å². The summed E-state index contributed by atoms with van der Waals surface area (Å²) in [6, 6.07) is 9.06. The lowest BCUT2D eigenvalue weighted by molar-refractivity contribution is -0.119. The van der Waals surface area contributed by atoms with Crippen LogP contribution in [0.3, 0.4) is 0 Å². The van der Waals surface area contributed by atoms with Crippen molar-refractivity contribution in [2.75, 3.05) is 11.9 Å². The molecule has 0 fully saturated rings. The van der Waals surface area contributed by atoms with Crippen LogP contribution in [0.25, 0.3) is 0 Å². The molecule has 0 atom stereocenters. The number of hydrogen-bond donors (Lipinski definition) is 1. The lowest BCUT2D eigenvalue weighted by atomic mass is 9.98. The van der Waals surface area contributed by atoms with E-state index in [1.807, 2.05) is 25.1 Å². The average Bonchev–Trinajstić information content (AvgIpc) is 2.93. The van der Waals surface area contributed by atoms with Crippen LogP contribution in [-0.4, -0.2) is 18.5 Å². The number of esters is 1. The molecule has 1 heterocycles. The van der Waals surface area contributed by atoms with Gasteiger partial charge in [-0.1, -0.05) is 43.6 Å². The number of thiophene rings is 1. The number of aryl methyl sites for hydroxylation is 1. The van der Waals surface area contributed by atoms with Gasteiger partial charge in [0.25, 0.3) is 5.91 Å². The first-order valence-corrected chi connectivity index (χ1v) is 8.39. The molecule has 122 valence electrons. The maximum Gasteiger partial charge on any atom is 0.348 e. The molecule has 2 rings (SSSR count). The van der Waals surface area contributed by atoms with E-state index in [0.717, 1.165) is 28.2 Å². The van der Waals surface area contributed by atoms with E-state index in [2.05, 4.69) is 19.2 Å². The Morgan fingerprint density at radius 2 is 2.00 bits per heavy atom. The van der Waals surface area contributed by atoms with Gasteiger partial charge in [-0.3, -0.25) is 4.79 Å². The lowest BCUT2D eigenvalue weighted by Crippen LogP contribution is -2.22. The van der Waals surface area contributed by atoms with Crippen molar-refractivity contribution >= 4 is 40.5 Å². The number of carbonyl (C=O) groups excluding carboxylic acids is 2. The molecule has 0 aliphatic rings. The van der Waals surface area contributed by atoms with Crippen LogP contribution in [0.5, 0.6) is 0 Å². The summed E-state index contributed by atoms with van der Waals surface area (Å²) in [5.41, 5.74) is 2.80. The van der Waals surface area contributed by atoms with E-state index < -0.39 is 5.97 Å². The van der Waals surface area contributed by atoms with Gasteiger partial charge >= 0.3 is 5.97 Å². The summed E-state index contributed by atoms with van der Waals surface area (Å²) >= 11 is 6.89. The van der Waals surface area contributed by atoms with Crippen molar-refractivity contribution < 1.29 is 14.3 Å². The molecule has 2 aromatic rings. The van der Waals surface area contributed by atoms with Gasteiger partial charge in [0.05, 0.1) is 4.34 Å². The first kappa shape index (κ1) is 17.5. The van der Waals surface area contributed by atoms with Gasteiger partial charge in [0.1, 0.15) is 4.88 Å². The van der Waals surface area contributed by atoms with Crippen LogP contribution in [-0.2, 0) is 9.53 Å². The molecule has 0 spiro atoms. The monoisotopic (exact) mass is 351 g/mol. The molecule has 4 nitrogen and oxygen atoms in total. The van der Waals surface area contributed by atoms with Crippen LogP contribution < -0.4 is 5.32 Å². The Hall–Kier alpha value is -1.85. The van der Waals surface area contributed by atoms with E-state index in [9.17, 15) is 9.59 Å². The molecule has 0 saturated carbocycles. The fourth-order valence-electron chi connectivity index (χ4n) is 2.14. The number of ether oxygens (including phenoxy) is 1. The molecular formula is C17H18ClNO3S. The summed E-state index contributed by atoms with van der Waals surface area (Å²) in [7, 11) is 0. The van der Waals surface area contributed by atoms with E-state index in [-0.39, 0.29) is 18.4 Å². The SMILES string of the molecule is Cc1cccc(C(C)C)c1NC(=O)COC(=O)c1ccc(Cl)s1. The molecule has 0 bridgehead atoms. The van der Waals surface area contributed by atoms with Crippen LogP contribution in [0.2, 0.25) is 4.34 Å². The molecule has 0 aliphatic carbocycles. The molecule has 1 aromatic carbocycles. The second-order valence-corrected chi connectivity index (χ2v) is 7.14. The molecular weight excluding hydrogens is 334 g/mol. The number of halogens is 1. The second-order valence-electron chi connectivity index (χ2n) is 5.42. The van der Waals surface area contributed by atoms with E-state index >= 15 is 0 Å². The Morgan fingerprint density at radius 3 is 2.61 bits per heavy atom. The summed E-state index contributed by atoms with van der Waals surface area (Å²) in [6.07, 6.45) is 0. The molecule has 6 heteroatoms. The minimum atomic E-state index is -0.550. The van der Waals surface area contributed by atoms with Gasteiger partial charge in [0.15, 0.2) is 6.61 Å². The third kappa shape index (κ3) is 4.56. The van der Waals surface area contributed by atoms with Crippen LogP contribution in [0.4, 0.5) is 5.69 Å². The van der Waals surface area contributed by atoms with Gasteiger partial charge < -0.3 is 10.1 Å². The third-order valence-electron chi connectivity index (χ3n) is 3.30. The highest BCUT2D eigenvalue weighted by molar-refractivity contribution is 7.17. The van der Waals surface area contributed by atoms with Crippen LogP contribution in [0, 0.1) is 6.92 Å². The Bertz CT molecular complexity index is 724. The second kappa shape index (κ2) is 7.62. The maximum absolute atomic E-state index is 12.1. The number of amides is 1. The zero-order chi connectivity index (χ0) is 17.0. The fraction of sp³-hybridized carbons (Fsp3) is 0.294. The number of benzene rings is 1. The van der Waals surface area contributed by atoms with Crippen molar-refractivity contribution in [3.63, 3.8) is 0 Å².